The number of amides is 2. The smallest absolute Gasteiger partial charge is 0.319 e. The molecule has 7 heteroatoms. The lowest BCUT2D eigenvalue weighted by atomic mass is 10.1. The molecule has 0 unspecified atom stereocenters. The summed E-state index contributed by atoms with van der Waals surface area (Å²) in [5.74, 6) is -2.03. The summed E-state index contributed by atoms with van der Waals surface area (Å²) in [5.41, 5.74) is 2.06. The molecule has 0 aliphatic carbocycles. The Kier molecular flexibility index (Phi) is 4.95. The molecular formula is C18H17F2N3O2. The first kappa shape index (κ1) is 16.9. The minimum Gasteiger partial charge on any atom is -0.394 e. The van der Waals surface area contributed by atoms with Crippen molar-refractivity contribution in [3.63, 3.8) is 0 Å². The van der Waals surface area contributed by atoms with Gasteiger partial charge in [0.25, 0.3) is 0 Å². The fraction of sp³-hybridized carbons (Fsp3) is 0.167. The maximum absolute atomic E-state index is 13.2. The molecular weight excluding hydrogens is 328 g/mol. The summed E-state index contributed by atoms with van der Waals surface area (Å²) in [6, 6.07) is 9.67. The molecule has 0 radical (unpaired) electrons. The standard InChI is InChI=1S/C18H17F2N3O2/c19-15-6-5-12(8-16(15)20)22-18(25)23-13(10-24)7-11-9-21-17-4-2-1-3-14(11)17/h1-6,8-9,13,21,24H,7,10H2,(H2,22,23,25)/t13-/m1/s1. The van der Waals surface area contributed by atoms with Crippen molar-refractivity contribution in [3.8, 4) is 0 Å². The van der Waals surface area contributed by atoms with E-state index in [2.05, 4.69) is 15.6 Å². The Hall–Kier alpha value is -2.93. The highest BCUT2D eigenvalue weighted by Gasteiger charge is 2.15. The molecule has 0 fully saturated rings. The molecule has 5 nitrogen and oxygen atoms in total. The average molecular weight is 345 g/mol. The molecule has 0 saturated carbocycles. The van der Waals surface area contributed by atoms with E-state index in [1.165, 1.54) is 6.07 Å². The number of fused-ring (bicyclic) bond motifs is 1. The number of para-hydroxylation sites is 1. The van der Waals surface area contributed by atoms with Gasteiger partial charge in [-0.25, -0.2) is 13.6 Å². The highest BCUT2D eigenvalue weighted by atomic mass is 19.2. The molecule has 1 heterocycles. The molecule has 0 aliphatic heterocycles. The van der Waals surface area contributed by atoms with Crippen molar-refractivity contribution < 1.29 is 18.7 Å². The van der Waals surface area contributed by atoms with Crippen LogP contribution < -0.4 is 10.6 Å². The number of anilines is 1. The van der Waals surface area contributed by atoms with Crippen LogP contribution in [0.3, 0.4) is 0 Å². The average Bonchev–Trinajstić information content (AvgIpc) is 3.00. The Morgan fingerprint density at radius 2 is 1.96 bits per heavy atom. The van der Waals surface area contributed by atoms with Gasteiger partial charge in [-0.1, -0.05) is 18.2 Å². The highest BCUT2D eigenvalue weighted by Crippen LogP contribution is 2.19. The second-order valence-electron chi connectivity index (χ2n) is 5.67. The number of nitrogens with one attached hydrogen (secondary N) is 3. The zero-order valence-corrected chi connectivity index (χ0v) is 13.2. The Morgan fingerprint density at radius 1 is 1.16 bits per heavy atom. The van der Waals surface area contributed by atoms with Crippen LogP contribution in [0.1, 0.15) is 5.56 Å². The first-order valence-electron chi connectivity index (χ1n) is 7.75. The van der Waals surface area contributed by atoms with Crippen LogP contribution >= 0.6 is 0 Å². The number of halogens is 2. The minimum absolute atomic E-state index is 0.125. The highest BCUT2D eigenvalue weighted by molar-refractivity contribution is 5.89. The van der Waals surface area contributed by atoms with Crippen LogP contribution in [-0.2, 0) is 6.42 Å². The number of hydrogen-bond acceptors (Lipinski definition) is 2. The van der Waals surface area contributed by atoms with Gasteiger partial charge in [-0.2, -0.15) is 0 Å². The molecule has 2 aromatic carbocycles. The topological polar surface area (TPSA) is 77.2 Å². The minimum atomic E-state index is -1.05. The van der Waals surface area contributed by atoms with Crippen LogP contribution in [0.5, 0.6) is 0 Å². The second kappa shape index (κ2) is 7.31. The molecule has 1 aromatic heterocycles. The molecule has 0 spiro atoms. The summed E-state index contributed by atoms with van der Waals surface area (Å²) in [5, 5.41) is 15.6. The number of aliphatic hydroxyl groups is 1. The number of carbonyl (C=O) groups excluding carboxylic acids is 1. The Bertz CT molecular complexity index is 895. The lowest BCUT2D eigenvalue weighted by Crippen LogP contribution is -2.41. The van der Waals surface area contributed by atoms with Gasteiger partial charge in [0, 0.05) is 28.9 Å². The lowest BCUT2D eigenvalue weighted by Gasteiger charge is -2.16. The lowest BCUT2D eigenvalue weighted by molar-refractivity contribution is 0.224. The molecule has 0 saturated heterocycles. The first-order valence-corrected chi connectivity index (χ1v) is 7.75. The summed E-state index contributed by atoms with van der Waals surface area (Å²) >= 11 is 0. The van der Waals surface area contributed by atoms with E-state index in [9.17, 15) is 18.7 Å². The summed E-state index contributed by atoms with van der Waals surface area (Å²) in [6.07, 6.45) is 2.26. The van der Waals surface area contributed by atoms with Crippen LogP contribution in [0.15, 0.2) is 48.7 Å². The van der Waals surface area contributed by atoms with Gasteiger partial charge in [-0.3, -0.25) is 0 Å². The number of rotatable bonds is 5. The van der Waals surface area contributed by atoms with E-state index in [0.29, 0.717) is 6.42 Å². The maximum Gasteiger partial charge on any atom is 0.319 e. The molecule has 0 bridgehead atoms. The van der Waals surface area contributed by atoms with Crippen molar-refractivity contribution in [2.75, 3.05) is 11.9 Å². The predicted molar refractivity (Wildman–Crippen MR) is 91.4 cm³/mol. The van der Waals surface area contributed by atoms with E-state index in [4.69, 9.17) is 0 Å². The Labute approximate surface area is 142 Å². The van der Waals surface area contributed by atoms with E-state index in [1.807, 2.05) is 30.5 Å². The van der Waals surface area contributed by atoms with Gasteiger partial charge in [0.1, 0.15) is 0 Å². The number of aliphatic hydroxyl groups excluding tert-OH is 1. The number of benzene rings is 2. The fourth-order valence-electron chi connectivity index (χ4n) is 2.65. The summed E-state index contributed by atoms with van der Waals surface area (Å²) in [7, 11) is 0. The predicted octanol–water partition coefficient (Wildman–Crippen LogP) is 3.17. The van der Waals surface area contributed by atoms with Crippen LogP contribution in [0.25, 0.3) is 10.9 Å². The molecule has 3 aromatic rings. The zero-order chi connectivity index (χ0) is 17.8. The van der Waals surface area contributed by atoms with Crippen molar-refractivity contribution in [1.29, 1.82) is 0 Å². The maximum atomic E-state index is 13.2. The van der Waals surface area contributed by atoms with Crippen molar-refractivity contribution in [2.45, 2.75) is 12.5 Å². The van der Waals surface area contributed by atoms with Gasteiger partial charge in [-0.15, -0.1) is 0 Å². The quantitative estimate of drug-likeness (QED) is 0.573. The van der Waals surface area contributed by atoms with Crippen molar-refractivity contribution in [3.05, 3.63) is 65.9 Å². The fourth-order valence-corrected chi connectivity index (χ4v) is 2.65. The normalized spacial score (nSPS) is 12.1. The number of carbonyl (C=O) groups is 1. The summed E-state index contributed by atoms with van der Waals surface area (Å²) in [6.45, 7) is -0.259. The number of H-pyrrole nitrogens is 1. The van der Waals surface area contributed by atoms with Crippen LogP contribution in [-0.4, -0.2) is 28.8 Å². The van der Waals surface area contributed by atoms with Gasteiger partial charge in [0.15, 0.2) is 11.6 Å². The van der Waals surface area contributed by atoms with Crippen molar-refractivity contribution >= 4 is 22.6 Å². The van der Waals surface area contributed by atoms with E-state index in [-0.39, 0.29) is 12.3 Å². The first-order chi connectivity index (χ1) is 12.1. The third kappa shape index (κ3) is 3.95. The number of aromatic amines is 1. The monoisotopic (exact) mass is 345 g/mol. The summed E-state index contributed by atoms with van der Waals surface area (Å²) < 4.78 is 26.1. The van der Waals surface area contributed by atoms with Crippen LogP contribution in [0, 0.1) is 11.6 Å². The van der Waals surface area contributed by atoms with E-state index in [1.54, 1.807) is 0 Å². The number of hydrogen-bond donors (Lipinski definition) is 4. The zero-order valence-electron chi connectivity index (χ0n) is 13.2. The van der Waals surface area contributed by atoms with Gasteiger partial charge in [0.05, 0.1) is 12.6 Å². The second-order valence-corrected chi connectivity index (χ2v) is 5.67. The third-order valence-electron chi connectivity index (χ3n) is 3.87. The third-order valence-corrected chi connectivity index (χ3v) is 3.87. The number of urea groups is 1. The molecule has 0 aliphatic rings. The molecule has 130 valence electrons. The van der Waals surface area contributed by atoms with Gasteiger partial charge < -0.3 is 20.7 Å². The van der Waals surface area contributed by atoms with Crippen molar-refractivity contribution in [1.82, 2.24) is 10.3 Å². The largest absolute Gasteiger partial charge is 0.394 e. The molecule has 25 heavy (non-hydrogen) atoms. The molecule has 3 rings (SSSR count). The van der Waals surface area contributed by atoms with Gasteiger partial charge >= 0.3 is 6.03 Å². The van der Waals surface area contributed by atoms with Crippen molar-refractivity contribution in [2.24, 2.45) is 0 Å². The Balaban J connectivity index is 1.65. The van der Waals surface area contributed by atoms with E-state index < -0.39 is 23.7 Å². The summed E-state index contributed by atoms with van der Waals surface area (Å²) in [4.78, 5) is 15.1. The van der Waals surface area contributed by atoms with Gasteiger partial charge in [0.2, 0.25) is 0 Å². The Morgan fingerprint density at radius 3 is 2.72 bits per heavy atom. The number of aromatic nitrogens is 1. The van der Waals surface area contributed by atoms with E-state index in [0.717, 1.165) is 28.6 Å². The van der Waals surface area contributed by atoms with Crippen LogP contribution in [0.4, 0.5) is 19.3 Å². The molecule has 4 N–H and O–H groups in total. The molecule has 1 atom stereocenters. The van der Waals surface area contributed by atoms with Gasteiger partial charge in [-0.05, 0) is 30.2 Å². The van der Waals surface area contributed by atoms with E-state index >= 15 is 0 Å². The van der Waals surface area contributed by atoms with Crippen LogP contribution in [0.2, 0.25) is 0 Å². The molecule has 2 amide bonds. The SMILES string of the molecule is O=C(Nc1ccc(F)c(F)c1)N[C@@H](CO)Cc1c[nH]c2ccccc12.